The minimum Gasteiger partial charge on any atom is -0.406 e. The van der Waals surface area contributed by atoms with Gasteiger partial charge < -0.3 is 4.74 Å². The molecule has 24 heavy (non-hydrogen) atoms. The van der Waals surface area contributed by atoms with Crippen molar-refractivity contribution >= 4 is 17.5 Å². The van der Waals surface area contributed by atoms with E-state index in [1.165, 1.54) is 35.7 Å². The van der Waals surface area contributed by atoms with Gasteiger partial charge in [-0.1, -0.05) is 12.1 Å². The Hall–Kier alpha value is -3.10. The number of fused-ring (bicyclic) bond motifs is 1. The molecular weight excluding hydrogens is 325 g/mol. The first-order chi connectivity index (χ1) is 11.3. The first kappa shape index (κ1) is 15.8. The summed E-state index contributed by atoms with van der Waals surface area (Å²) < 4.78 is 41.8. The van der Waals surface area contributed by atoms with Crippen molar-refractivity contribution in [3.05, 3.63) is 42.6 Å². The van der Waals surface area contributed by atoms with Crippen LogP contribution in [0.25, 0.3) is 16.8 Å². The fourth-order valence-electron chi connectivity index (χ4n) is 2.11. The molecule has 0 bridgehead atoms. The Morgan fingerprint density at radius 1 is 1.12 bits per heavy atom. The SMILES string of the molecule is CC(=O)Nc1nc2ccc(-c3ccc(OC(F)(F)F)cc3)cn2n1. The third-order valence-electron chi connectivity index (χ3n) is 3.04. The molecule has 1 amide bonds. The Kier molecular flexibility index (Phi) is 3.84. The van der Waals surface area contributed by atoms with Crippen molar-refractivity contribution in [2.45, 2.75) is 13.3 Å². The summed E-state index contributed by atoms with van der Waals surface area (Å²) in [6, 6.07) is 8.92. The number of benzene rings is 1. The van der Waals surface area contributed by atoms with Crippen LogP contribution in [-0.2, 0) is 4.79 Å². The lowest BCUT2D eigenvalue weighted by atomic mass is 10.1. The van der Waals surface area contributed by atoms with Gasteiger partial charge in [0, 0.05) is 18.7 Å². The summed E-state index contributed by atoms with van der Waals surface area (Å²) in [5.41, 5.74) is 1.93. The average Bonchev–Trinajstić information content (AvgIpc) is 2.86. The fraction of sp³-hybridized carbons (Fsp3) is 0.133. The lowest BCUT2D eigenvalue weighted by Crippen LogP contribution is -2.16. The van der Waals surface area contributed by atoms with Gasteiger partial charge in [0.15, 0.2) is 5.65 Å². The van der Waals surface area contributed by atoms with Crippen LogP contribution >= 0.6 is 0 Å². The Bertz CT molecular complexity index is 888. The summed E-state index contributed by atoms with van der Waals surface area (Å²) in [7, 11) is 0. The number of ether oxygens (including phenoxy) is 1. The Labute approximate surface area is 133 Å². The minimum absolute atomic E-state index is 0.175. The molecule has 0 atom stereocenters. The molecule has 0 spiro atoms. The van der Waals surface area contributed by atoms with Crippen molar-refractivity contribution in [3.8, 4) is 16.9 Å². The van der Waals surface area contributed by atoms with Crippen LogP contribution in [0.3, 0.4) is 0 Å². The van der Waals surface area contributed by atoms with Crippen LogP contribution in [0.15, 0.2) is 42.6 Å². The summed E-state index contributed by atoms with van der Waals surface area (Å²) >= 11 is 0. The fourth-order valence-corrected chi connectivity index (χ4v) is 2.11. The molecule has 1 N–H and O–H groups in total. The van der Waals surface area contributed by atoms with Crippen LogP contribution < -0.4 is 10.1 Å². The number of nitrogens with one attached hydrogen (secondary N) is 1. The number of hydrogen-bond donors (Lipinski definition) is 1. The quantitative estimate of drug-likeness (QED) is 0.797. The zero-order chi connectivity index (χ0) is 17.3. The molecule has 0 aliphatic carbocycles. The molecule has 0 saturated carbocycles. The molecule has 0 saturated heterocycles. The summed E-state index contributed by atoms with van der Waals surface area (Å²) in [6.07, 6.45) is -3.06. The Morgan fingerprint density at radius 3 is 2.42 bits per heavy atom. The Balaban J connectivity index is 1.87. The van der Waals surface area contributed by atoms with E-state index in [0.29, 0.717) is 11.2 Å². The van der Waals surface area contributed by atoms with Gasteiger partial charge in [-0.05, 0) is 29.8 Å². The van der Waals surface area contributed by atoms with E-state index in [1.54, 1.807) is 18.3 Å². The van der Waals surface area contributed by atoms with Crippen LogP contribution in [0, 0.1) is 0 Å². The van der Waals surface area contributed by atoms with E-state index >= 15 is 0 Å². The molecule has 3 aromatic rings. The zero-order valence-electron chi connectivity index (χ0n) is 12.3. The summed E-state index contributed by atoms with van der Waals surface area (Å²) in [4.78, 5) is 15.1. The lowest BCUT2D eigenvalue weighted by molar-refractivity contribution is -0.274. The number of carbonyl (C=O) groups excluding carboxylic acids is 1. The van der Waals surface area contributed by atoms with Gasteiger partial charge in [0.25, 0.3) is 0 Å². The van der Waals surface area contributed by atoms with Crippen molar-refractivity contribution in [2.75, 3.05) is 5.32 Å². The van der Waals surface area contributed by atoms with Crippen LogP contribution in [-0.4, -0.2) is 26.9 Å². The number of carbonyl (C=O) groups is 1. The summed E-state index contributed by atoms with van der Waals surface area (Å²) in [6.45, 7) is 1.35. The van der Waals surface area contributed by atoms with Gasteiger partial charge in [0.2, 0.25) is 11.9 Å². The molecule has 0 fully saturated rings. The van der Waals surface area contributed by atoms with Gasteiger partial charge in [0.1, 0.15) is 5.75 Å². The normalized spacial score (nSPS) is 11.5. The standard InChI is InChI=1S/C15H11F3N4O2/c1-9(23)19-14-20-13-7-4-11(8-22(13)21-14)10-2-5-12(6-3-10)24-15(16,17)18/h2-8H,1H3,(H,19,21,23). The highest BCUT2D eigenvalue weighted by molar-refractivity contribution is 5.86. The van der Waals surface area contributed by atoms with E-state index in [1.807, 2.05) is 0 Å². The highest BCUT2D eigenvalue weighted by Crippen LogP contribution is 2.26. The van der Waals surface area contributed by atoms with E-state index in [0.717, 1.165) is 5.56 Å². The third-order valence-corrected chi connectivity index (χ3v) is 3.04. The Morgan fingerprint density at radius 2 is 1.79 bits per heavy atom. The van der Waals surface area contributed by atoms with Crippen molar-refractivity contribution in [1.82, 2.24) is 14.6 Å². The van der Waals surface area contributed by atoms with Crippen molar-refractivity contribution < 1.29 is 22.7 Å². The number of rotatable bonds is 3. The number of hydrogen-bond acceptors (Lipinski definition) is 4. The number of nitrogens with zero attached hydrogens (tertiary/aromatic N) is 3. The molecule has 6 nitrogen and oxygen atoms in total. The average molecular weight is 336 g/mol. The highest BCUT2D eigenvalue weighted by Gasteiger charge is 2.30. The van der Waals surface area contributed by atoms with Gasteiger partial charge in [-0.3, -0.25) is 10.1 Å². The summed E-state index contributed by atoms with van der Waals surface area (Å²) in [5, 5.41) is 6.58. The predicted molar refractivity (Wildman–Crippen MR) is 79.4 cm³/mol. The molecular formula is C15H11F3N4O2. The van der Waals surface area contributed by atoms with E-state index in [4.69, 9.17) is 0 Å². The number of aromatic nitrogens is 3. The van der Waals surface area contributed by atoms with Crippen LogP contribution in [0.4, 0.5) is 19.1 Å². The van der Waals surface area contributed by atoms with E-state index < -0.39 is 6.36 Å². The van der Waals surface area contributed by atoms with Gasteiger partial charge in [-0.15, -0.1) is 18.3 Å². The number of alkyl halides is 3. The molecule has 9 heteroatoms. The van der Waals surface area contributed by atoms with Gasteiger partial charge >= 0.3 is 6.36 Å². The maximum absolute atomic E-state index is 12.2. The smallest absolute Gasteiger partial charge is 0.406 e. The monoisotopic (exact) mass is 336 g/mol. The molecule has 0 aliphatic heterocycles. The third kappa shape index (κ3) is 3.62. The molecule has 2 aromatic heterocycles. The van der Waals surface area contributed by atoms with Gasteiger partial charge in [-0.2, -0.15) is 4.98 Å². The number of anilines is 1. The van der Waals surface area contributed by atoms with E-state index in [-0.39, 0.29) is 17.6 Å². The molecule has 2 heterocycles. The highest BCUT2D eigenvalue weighted by atomic mass is 19.4. The van der Waals surface area contributed by atoms with E-state index in [2.05, 4.69) is 20.1 Å². The van der Waals surface area contributed by atoms with Gasteiger partial charge in [0.05, 0.1) is 0 Å². The molecule has 1 aromatic carbocycles. The molecule has 0 aliphatic rings. The first-order valence-electron chi connectivity index (χ1n) is 6.80. The van der Waals surface area contributed by atoms with Crippen molar-refractivity contribution in [2.24, 2.45) is 0 Å². The predicted octanol–water partition coefficient (Wildman–Crippen LogP) is 3.25. The second-order valence-electron chi connectivity index (χ2n) is 4.91. The topological polar surface area (TPSA) is 68.5 Å². The lowest BCUT2D eigenvalue weighted by Gasteiger charge is -2.09. The molecule has 0 unspecified atom stereocenters. The maximum atomic E-state index is 12.2. The maximum Gasteiger partial charge on any atom is 0.573 e. The first-order valence-corrected chi connectivity index (χ1v) is 6.80. The number of amides is 1. The molecule has 3 rings (SSSR count). The second kappa shape index (κ2) is 5.84. The molecule has 0 radical (unpaired) electrons. The van der Waals surface area contributed by atoms with Gasteiger partial charge in [-0.25, -0.2) is 4.52 Å². The molecule has 124 valence electrons. The largest absolute Gasteiger partial charge is 0.573 e. The van der Waals surface area contributed by atoms with Crippen LogP contribution in [0.5, 0.6) is 5.75 Å². The second-order valence-corrected chi connectivity index (χ2v) is 4.91. The number of halogens is 3. The van der Waals surface area contributed by atoms with Crippen LogP contribution in [0.1, 0.15) is 6.92 Å². The van der Waals surface area contributed by atoms with E-state index in [9.17, 15) is 18.0 Å². The number of pyridine rings is 1. The zero-order valence-corrected chi connectivity index (χ0v) is 12.3. The van der Waals surface area contributed by atoms with Crippen molar-refractivity contribution in [3.63, 3.8) is 0 Å². The summed E-state index contributed by atoms with van der Waals surface area (Å²) in [5.74, 6) is -0.402. The van der Waals surface area contributed by atoms with Crippen molar-refractivity contribution in [1.29, 1.82) is 0 Å². The minimum atomic E-state index is -4.72. The van der Waals surface area contributed by atoms with Crippen LogP contribution in [0.2, 0.25) is 0 Å².